The van der Waals surface area contributed by atoms with E-state index in [0.29, 0.717) is 12.1 Å². The minimum absolute atomic E-state index is 0.259. The number of benzene rings is 1. The summed E-state index contributed by atoms with van der Waals surface area (Å²) >= 11 is 0. The Hall–Kier alpha value is -3.50. The van der Waals surface area contributed by atoms with E-state index in [2.05, 4.69) is 9.97 Å². The van der Waals surface area contributed by atoms with Crippen LogP contribution in [-0.2, 0) is 0 Å². The fourth-order valence-corrected chi connectivity index (χ4v) is 1.65. The molecule has 0 spiro atoms. The molecule has 11 nitrogen and oxygen atoms in total. The van der Waals surface area contributed by atoms with Crippen molar-refractivity contribution in [1.82, 2.24) is 9.97 Å². The van der Waals surface area contributed by atoms with Crippen LogP contribution in [0.2, 0.25) is 0 Å². The Morgan fingerprint density at radius 2 is 1.29 bits per heavy atom. The van der Waals surface area contributed by atoms with Gasteiger partial charge in [0.1, 0.15) is 0 Å². The Morgan fingerprint density at radius 3 is 1.67 bits per heavy atom. The molecule has 0 aliphatic rings. The Bertz CT molecular complexity index is 712. The van der Waals surface area contributed by atoms with Crippen LogP contribution in [0.25, 0.3) is 11.4 Å². The molecule has 2 aromatic rings. The van der Waals surface area contributed by atoms with Gasteiger partial charge in [-0.2, -0.15) is 0 Å². The van der Waals surface area contributed by atoms with Gasteiger partial charge in [-0.1, -0.05) is 0 Å². The number of nitrogens with zero attached hydrogens (tertiary/aromatic N) is 5. The molecule has 106 valence electrons. The molecule has 0 aliphatic heterocycles. The Kier molecular flexibility index (Phi) is 3.47. The highest BCUT2D eigenvalue weighted by Gasteiger charge is 2.32. The molecule has 0 N–H and O–H groups in total. The lowest BCUT2D eigenvalue weighted by Crippen LogP contribution is -2.02. The van der Waals surface area contributed by atoms with Crippen molar-refractivity contribution in [2.45, 2.75) is 0 Å². The fraction of sp³-hybridized carbons (Fsp3) is 0. The van der Waals surface area contributed by atoms with Crippen LogP contribution >= 0.6 is 0 Å². The van der Waals surface area contributed by atoms with Gasteiger partial charge in [0, 0.05) is 12.4 Å². The van der Waals surface area contributed by atoms with Crippen molar-refractivity contribution < 1.29 is 14.8 Å². The molecule has 0 radical (unpaired) electrons. The van der Waals surface area contributed by atoms with Crippen molar-refractivity contribution in [3.8, 4) is 11.4 Å². The van der Waals surface area contributed by atoms with Gasteiger partial charge in [0.2, 0.25) is 0 Å². The molecule has 2 rings (SSSR count). The third-order valence-corrected chi connectivity index (χ3v) is 2.48. The number of hydrogen-bond donors (Lipinski definition) is 0. The van der Waals surface area contributed by atoms with Crippen LogP contribution in [0.15, 0.2) is 30.6 Å². The van der Waals surface area contributed by atoms with E-state index in [1.807, 2.05) is 0 Å². The lowest BCUT2D eigenvalue weighted by atomic mass is 10.1. The van der Waals surface area contributed by atoms with E-state index in [0.717, 1.165) is 0 Å². The van der Waals surface area contributed by atoms with E-state index < -0.39 is 37.4 Å². The summed E-state index contributed by atoms with van der Waals surface area (Å²) in [5.74, 6) is -0.259. The zero-order valence-corrected chi connectivity index (χ0v) is 10.1. The summed E-state index contributed by atoms with van der Waals surface area (Å²) in [6, 6.07) is 2.70. The maximum atomic E-state index is 11.0. The maximum Gasteiger partial charge on any atom is 0.294 e. The predicted octanol–water partition coefficient (Wildman–Crippen LogP) is 1.87. The van der Waals surface area contributed by atoms with Crippen LogP contribution in [0, 0.1) is 30.3 Å². The Morgan fingerprint density at radius 1 is 0.810 bits per heavy atom. The van der Waals surface area contributed by atoms with Crippen LogP contribution in [0.5, 0.6) is 0 Å². The monoisotopic (exact) mass is 291 g/mol. The average Bonchev–Trinajstić information content (AvgIpc) is 2.46. The van der Waals surface area contributed by atoms with Gasteiger partial charge in [-0.3, -0.25) is 30.3 Å². The van der Waals surface area contributed by atoms with Crippen LogP contribution < -0.4 is 0 Å². The first-order valence-corrected chi connectivity index (χ1v) is 5.30. The normalized spacial score (nSPS) is 10.1. The number of non-ortho nitro benzene ring substituents is 1. The predicted molar refractivity (Wildman–Crippen MR) is 67.4 cm³/mol. The zero-order valence-electron chi connectivity index (χ0n) is 10.1. The molecule has 0 amide bonds. The minimum atomic E-state index is -0.953. The molecule has 1 aromatic carbocycles. The summed E-state index contributed by atoms with van der Waals surface area (Å²) in [7, 11) is 0. The summed E-state index contributed by atoms with van der Waals surface area (Å²) in [5, 5.41) is 32.8. The molecule has 1 heterocycles. The summed E-state index contributed by atoms with van der Waals surface area (Å²) in [6.45, 7) is 0. The highest BCUT2D eigenvalue weighted by molar-refractivity contribution is 5.80. The fourth-order valence-electron chi connectivity index (χ4n) is 1.65. The summed E-state index contributed by atoms with van der Waals surface area (Å²) in [6.07, 6.45) is 2.49. The molecule has 0 saturated heterocycles. The van der Waals surface area contributed by atoms with Gasteiger partial charge in [0.05, 0.1) is 26.9 Å². The topological polar surface area (TPSA) is 155 Å². The molecule has 21 heavy (non-hydrogen) atoms. The largest absolute Gasteiger partial charge is 0.294 e. The Labute approximate surface area is 115 Å². The lowest BCUT2D eigenvalue weighted by molar-refractivity contribution is -0.402. The average molecular weight is 291 g/mol. The second kappa shape index (κ2) is 5.24. The number of rotatable bonds is 4. The summed E-state index contributed by atoms with van der Waals surface area (Å²) in [5.41, 5.74) is -2.84. The summed E-state index contributed by atoms with van der Waals surface area (Å²) < 4.78 is 0. The van der Waals surface area contributed by atoms with Crippen LogP contribution in [0.1, 0.15) is 0 Å². The van der Waals surface area contributed by atoms with Gasteiger partial charge >= 0.3 is 0 Å². The van der Waals surface area contributed by atoms with E-state index >= 15 is 0 Å². The molecule has 0 aliphatic carbocycles. The van der Waals surface area contributed by atoms with Crippen molar-refractivity contribution in [2.24, 2.45) is 0 Å². The third-order valence-electron chi connectivity index (χ3n) is 2.48. The van der Waals surface area contributed by atoms with Gasteiger partial charge in [-0.25, -0.2) is 9.97 Å². The van der Waals surface area contributed by atoms with E-state index in [-0.39, 0.29) is 5.82 Å². The van der Waals surface area contributed by atoms with Crippen LogP contribution in [0.4, 0.5) is 17.1 Å². The molecule has 0 saturated carbocycles. The quantitative estimate of drug-likeness (QED) is 0.610. The van der Waals surface area contributed by atoms with Gasteiger partial charge in [0.15, 0.2) is 11.4 Å². The number of hydrogen-bond acceptors (Lipinski definition) is 8. The second-order valence-corrected chi connectivity index (χ2v) is 3.70. The van der Waals surface area contributed by atoms with Crippen molar-refractivity contribution in [2.75, 3.05) is 0 Å². The zero-order chi connectivity index (χ0) is 15.6. The molecule has 0 unspecified atom stereocenters. The van der Waals surface area contributed by atoms with Crippen LogP contribution in [0.3, 0.4) is 0 Å². The van der Waals surface area contributed by atoms with E-state index in [9.17, 15) is 30.3 Å². The Balaban J connectivity index is 2.86. The minimum Gasteiger partial charge on any atom is -0.258 e. The first-order chi connectivity index (χ1) is 9.91. The van der Waals surface area contributed by atoms with Gasteiger partial charge in [-0.05, 0) is 6.07 Å². The third kappa shape index (κ3) is 2.60. The number of aromatic nitrogens is 2. The van der Waals surface area contributed by atoms with Gasteiger partial charge in [-0.15, -0.1) is 0 Å². The molecule has 0 bridgehead atoms. The van der Waals surface area contributed by atoms with E-state index in [1.165, 1.54) is 18.5 Å². The smallest absolute Gasteiger partial charge is 0.258 e. The van der Waals surface area contributed by atoms with E-state index in [1.54, 1.807) is 0 Å². The first-order valence-electron chi connectivity index (χ1n) is 5.30. The maximum absolute atomic E-state index is 11.0. The standard InChI is InChI=1S/C10H5N5O6/c16-13(17)6-4-7(14(18)19)9(8(5-6)15(20)21)10-11-2-1-3-12-10/h1-5H. The van der Waals surface area contributed by atoms with Crippen molar-refractivity contribution in [3.63, 3.8) is 0 Å². The lowest BCUT2D eigenvalue weighted by Gasteiger charge is -2.03. The molecule has 11 heteroatoms. The molecular weight excluding hydrogens is 286 g/mol. The second-order valence-electron chi connectivity index (χ2n) is 3.70. The molecule has 1 aromatic heterocycles. The number of nitro benzene ring substituents is 3. The van der Waals surface area contributed by atoms with Gasteiger partial charge < -0.3 is 0 Å². The highest BCUT2D eigenvalue weighted by atomic mass is 16.6. The first kappa shape index (κ1) is 13.9. The van der Waals surface area contributed by atoms with Crippen molar-refractivity contribution in [1.29, 1.82) is 0 Å². The van der Waals surface area contributed by atoms with Gasteiger partial charge in [0.25, 0.3) is 17.1 Å². The molecular formula is C10H5N5O6. The number of nitro groups is 3. The highest BCUT2D eigenvalue weighted by Crippen LogP contribution is 2.39. The summed E-state index contributed by atoms with van der Waals surface area (Å²) in [4.78, 5) is 37.4. The SMILES string of the molecule is O=[N+]([O-])c1cc([N+](=O)[O-])c(-c2ncccn2)c([N+](=O)[O-])c1. The molecule has 0 atom stereocenters. The van der Waals surface area contributed by atoms with Crippen molar-refractivity contribution >= 4 is 17.1 Å². The van der Waals surface area contributed by atoms with E-state index in [4.69, 9.17) is 0 Å². The van der Waals surface area contributed by atoms with Crippen LogP contribution in [-0.4, -0.2) is 24.7 Å². The molecule has 0 fully saturated rings. The van der Waals surface area contributed by atoms with Crippen molar-refractivity contribution in [3.05, 3.63) is 60.9 Å².